The molecule has 11 heteroatoms. The van der Waals surface area contributed by atoms with Gasteiger partial charge in [0.05, 0.1) is 18.0 Å². The number of hydrogen-bond donors (Lipinski definition) is 3. The van der Waals surface area contributed by atoms with Gasteiger partial charge < -0.3 is 20.7 Å². The van der Waals surface area contributed by atoms with Crippen LogP contribution in [0.1, 0.15) is 19.3 Å². The first kappa shape index (κ1) is 21.1. The molecular formula is C21H23N7O2S2. The van der Waals surface area contributed by atoms with Crippen molar-refractivity contribution in [2.75, 3.05) is 24.2 Å². The molecule has 0 radical (unpaired) electrons. The van der Waals surface area contributed by atoms with Gasteiger partial charge >= 0.3 is 0 Å². The van der Waals surface area contributed by atoms with Crippen molar-refractivity contribution in [3.8, 4) is 22.5 Å². The first-order valence-electron chi connectivity index (χ1n) is 10.4. The number of rotatable bonds is 7. The largest absolute Gasteiger partial charge is 0.611 e. The van der Waals surface area contributed by atoms with Crippen LogP contribution in [0, 0.1) is 0 Å². The van der Waals surface area contributed by atoms with E-state index in [1.807, 2.05) is 19.2 Å². The molecule has 1 aliphatic carbocycles. The van der Waals surface area contributed by atoms with Gasteiger partial charge in [-0.2, -0.15) is 5.10 Å². The average Bonchev–Trinajstić information content (AvgIpc) is 3.34. The van der Waals surface area contributed by atoms with Crippen molar-refractivity contribution in [1.29, 1.82) is 0 Å². The third-order valence-corrected chi connectivity index (χ3v) is 8.94. The Hall–Kier alpha value is -2.73. The van der Waals surface area contributed by atoms with E-state index in [0.717, 1.165) is 46.3 Å². The highest BCUT2D eigenvalue weighted by Crippen LogP contribution is 2.45. The van der Waals surface area contributed by atoms with Crippen LogP contribution in [0.5, 0.6) is 0 Å². The summed E-state index contributed by atoms with van der Waals surface area (Å²) in [6, 6.07) is 3.88. The number of nitrogen functional groups attached to an aromatic ring is 1. The number of aliphatic hydroxyl groups is 1. The summed E-state index contributed by atoms with van der Waals surface area (Å²) < 4.78 is 15.6. The molecule has 0 amide bonds. The van der Waals surface area contributed by atoms with Gasteiger partial charge in [-0.1, -0.05) is 11.3 Å². The van der Waals surface area contributed by atoms with Crippen molar-refractivity contribution < 1.29 is 9.66 Å². The van der Waals surface area contributed by atoms with Crippen molar-refractivity contribution in [2.45, 2.75) is 28.7 Å². The van der Waals surface area contributed by atoms with E-state index in [-0.39, 0.29) is 11.9 Å². The van der Waals surface area contributed by atoms with Crippen molar-refractivity contribution in [3.05, 3.63) is 30.7 Å². The first-order valence-corrected chi connectivity index (χ1v) is 12.4. The third-order valence-electron chi connectivity index (χ3n) is 5.64. The molecule has 4 N–H and O–H groups in total. The van der Waals surface area contributed by atoms with Gasteiger partial charge in [-0.15, -0.1) is 0 Å². The summed E-state index contributed by atoms with van der Waals surface area (Å²) in [5.41, 5.74) is 10.3. The number of aliphatic hydroxyl groups excluding tert-OH is 1. The molecule has 0 spiro atoms. The molecule has 0 aromatic carbocycles. The van der Waals surface area contributed by atoms with Crippen LogP contribution in [-0.4, -0.2) is 52.8 Å². The lowest BCUT2D eigenvalue weighted by Crippen LogP contribution is -2.28. The molecule has 0 aliphatic heterocycles. The molecular weight excluding hydrogens is 446 g/mol. The molecule has 1 aliphatic rings. The molecule has 0 saturated heterocycles. The smallest absolute Gasteiger partial charge is 0.232 e. The summed E-state index contributed by atoms with van der Waals surface area (Å²) in [5, 5.41) is 17.2. The second kappa shape index (κ2) is 8.66. The molecule has 5 rings (SSSR count). The zero-order valence-electron chi connectivity index (χ0n) is 17.5. The highest BCUT2D eigenvalue weighted by atomic mass is 32.2. The molecule has 32 heavy (non-hydrogen) atoms. The quantitative estimate of drug-likeness (QED) is 0.351. The Morgan fingerprint density at radius 1 is 1.34 bits per heavy atom. The van der Waals surface area contributed by atoms with E-state index >= 15 is 0 Å². The van der Waals surface area contributed by atoms with Crippen LogP contribution < -0.4 is 11.1 Å². The minimum Gasteiger partial charge on any atom is -0.611 e. The van der Waals surface area contributed by atoms with Crippen molar-refractivity contribution in [2.24, 2.45) is 7.05 Å². The van der Waals surface area contributed by atoms with Gasteiger partial charge in [0, 0.05) is 59.9 Å². The standard InChI is InChI=1S/C21H23N7O2S2/c1-28-16(5-6-26-28)14-9-15(12-10-24-21(25-11-12)23-7-8-29)27-19-17(14)18(22)20(31-19)32(30)13-3-2-4-13/h5-6,9-11,13,29H,2-4,7-8,22H2,1H3,(H,23,24,25)/t32-/m1/s1. The highest BCUT2D eigenvalue weighted by Gasteiger charge is 2.35. The SMILES string of the molecule is Cn1nccc1-c1cc(-c2cnc(NCCO)nc2)nc2sc([S@+]([O-])C3CCC3)c(N)c12. The van der Waals surface area contributed by atoms with E-state index in [1.54, 1.807) is 23.3 Å². The number of nitrogens with one attached hydrogen (secondary N) is 1. The van der Waals surface area contributed by atoms with Crippen LogP contribution in [0.15, 0.2) is 34.9 Å². The molecule has 1 saturated carbocycles. The van der Waals surface area contributed by atoms with E-state index in [1.165, 1.54) is 11.3 Å². The summed E-state index contributed by atoms with van der Waals surface area (Å²) in [4.78, 5) is 14.2. The Bertz CT molecular complexity index is 1250. The molecule has 166 valence electrons. The van der Waals surface area contributed by atoms with Crippen LogP contribution in [0.2, 0.25) is 0 Å². The Morgan fingerprint density at radius 3 is 2.75 bits per heavy atom. The number of hydrogen-bond acceptors (Lipinski definition) is 9. The second-order valence-electron chi connectivity index (χ2n) is 7.67. The van der Waals surface area contributed by atoms with Gasteiger partial charge in [0.2, 0.25) is 10.2 Å². The number of nitrogens with two attached hydrogens (primary N) is 1. The van der Waals surface area contributed by atoms with Gasteiger partial charge in [-0.25, -0.2) is 15.0 Å². The first-order chi connectivity index (χ1) is 15.6. The van der Waals surface area contributed by atoms with Gasteiger partial charge in [-0.05, 0) is 31.4 Å². The lowest BCUT2D eigenvalue weighted by Gasteiger charge is -2.27. The predicted molar refractivity (Wildman–Crippen MR) is 127 cm³/mol. The Balaban J connectivity index is 1.64. The molecule has 4 aromatic rings. The van der Waals surface area contributed by atoms with Crippen LogP contribution in [0.4, 0.5) is 11.6 Å². The molecule has 1 atom stereocenters. The zero-order chi connectivity index (χ0) is 22.2. The van der Waals surface area contributed by atoms with E-state index in [9.17, 15) is 4.55 Å². The fraction of sp³-hybridized carbons (Fsp3) is 0.333. The Morgan fingerprint density at radius 2 is 2.12 bits per heavy atom. The molecule has 0 unspecified atom stereocenters. The van der Waals surface area contributed by atoms with Crippen molar-refractivity contribution >= 4 is 44.4 Å². The maximum atomic E-state index is 13.1. The lowest BCUT2D eigenvalue weighted by atomic mass is 10.0. The maximum absolute atomic E-state index is 13.1. The summed E-state index contributed by atoms with van der Waals surface area (Å²) >= 11 is 0.277. The summed E-state index contributed by atoms with van der Waals surface area (Å²) in [7, 11) is 1.88. The van der Waals surface area contributed by atoms with E-state index in [4.69, 9.17) is 15.8 Å². The van der Waals surface area contributed by atoms with E-state index in [0.29, 0.717) is 28.1 Å². The maximum Gasteiger partial charge on any atom is 0.232 e. The number of thiophene rings is 1. The number of anilines is 2. The van der Waals surface area contributed by atoms with Crippen LogP contribution in [-0.2, 0) is 18.2 Å². The molecule has 0 bridgehead atoms. The van der Waals surface area contributed by atoms with Crippen molar-refractivity contribution in [3.63, 3.8) is 0 Å². The molecule has 4 heterocycles. The topological polar surface area (TPSA) is 138 Å². The monoisotopic (exact) mass is 469 g/mol. The molecule has 9 nitrogen and oxygen atoms in total. The van der Waals surface area contributed by atoms with Gasteiger partial charge in [0.25, 0.3) is 0 Å². The Kier molecular flexibility index (Phi) is 5.72. The normalized spacial score (nSPS) is 15.1. The van der Waals surface area contributed by atoms with Crippen LogP contribution in [0.25, 0.3) is 32.7 Å². The van der Waals surface area contributed by atoms with E-state index < -0.39 is 11.2 Å². The van der Waals surface area contributed by atoms with Crippen LogP contribution >= 0.6 is 11.3 Å². The summed E-state index contributed by atoms with van der Waals surface area (Å²) in [6.07, 6.45) is 8.19. The molecule has 1 fully saturated rings. The highest BCUT2D eigenvalue weighted by molar-refractivity contribution is 7.94. The Labute approximate surface area is 191 Å². The fourth-order valence-corrected chi connectivity index (χ4v) is 6.90. The van der Waals surface area contributed by atoms with Gasteiger partial charge in [0.1, 0.15) is 15.8 Å². The van der Waals surface area contributed by atoms with Gasteiger partial charge in [-0.3, -0.25) is 4.68 Å². The summed E-state index contributed by atoms with van der Waals surface area (Å²) in [5.74, 6) is 0.439. The number of pyridine rings is 1. The van der Waals surface area contributed by atoms with Crippen LogP contribution in [0.3, 0.4) is 0 Å². The summed E-state index contributed by atoms with van der Waals surface area (Å²) in [6.45, 7) is 0.380. The average molecular weight is 470 g/mol. The number of aromatic nitrogens is 5. The number of fused-ring (bicyclic) bond motifs is 1. The lowest BCUT2D eigenvalue weighted by molar-refractivity contribution is 0.311. The minimum atomic E-state index is -1.13. The number of aryl methyl sites for hydroxylation is 1. The number of nitrogens with zero attached hydrogens (tertiary/aromatic N) is 5. The van der Waals surface area contributed by atoms with Crippen molar-refractivity contribution in [1.82, 2.24) is 24.7 Å². The predicted octanol–water partition coefficient (Wildman–Crippen LogP) is 2.80. The van der Waals surface area contributed by atoms with Gasteiger partial charge in [0.15, 0.2) is 0 Å². The van der Waals surface area contributed by atoms with E-state index in [2.05, 4.69) is 20.4 Å². The zero-order valence-corrected chi connectivity index (χ0v) is 19.1. The third kappa shape index (κ3) is 3.71. The molecule has 4 aromatic heterocycles. The second-order valence-corrected chi connectivity index (χ2v) is 10.6. The minimum absolute atomic E-state index is 0.00174. The fourth-order valence-electron chi connectivity index (χ4n) is 3.69.